The summed E-state index contributed by atoms with van der Waals surface area (Å²) < 4.78 is 4.68. The van der Waals surface area contributed by atoms with E-state index in [1.807, 2.05) is 37.3 Å². The van der Waals surface area contributed by atoms with E-state index in [1.54, 1.807) is 6.07 Å². The maximum Gasteiger partial charge on any atom is 0.340 e. The highest BCUT2D eigenvalue weighted by molar-refractivity contribution is 7.16. The van der Waals surface area contributed by atoms with Crippen LogP contribution in [0, 0.1) is 18.8 Å². The molecule has 0 aliphatic carbocycles. The van der Waals surface area contributed by atoms with E-state index in [4.69, 9.17) is 0 Å². The number of carbonyl (C=O) groups excluding carboxylic acids is 2. The Hall–Kier alpha value is -2.58. The molecule has 0 saturated carbocycles. The maximum absolute atomic E-state index is 11.8. The minimum absolute atomic E-state index is 0.342. The van der Waals surface area contributed by atoms with Gasteiger partial charge in [0.1, 0.15) is 5.00 Å². The zero-order valence-corrected chi connectivity index (χ0v) is 12.4. The largest absolute Gasteiger partial charge is 0.465 e. The molecule has 0 aliphatic heterocycles. The quantitative estimate of drug-likeness (QED) is 0.685. The molecule has 0 atom stereocenters. The van der Waals surface area contributed by atoms with Gasteiger partial charge < -0.3 is 10.1 Å². The fourth-order valence-corrected chi connectivity index (χ4v) is 2.55. The van der Waals surface area contributed by atoms with Crippen LogP contribution in [-0.2, 0) is 9.53 Å². The van der Waals surface area contributed by atoms with Crippen LogP contribution < -0.4 is 5.32 Å². The number of nitrogens with one attached hydrogen (secondary N) is 1. The van der Waals surface area contributed by atoms with Crippen molar-refractivity contribution in [2.75, 3.05) is 12.4 Å². The van der Waals surface area contributed by atoms with Crippen LogP contribution in [0.3, 0.4) is 0 Å². The molecule has 0 spiro atoms. The molecule has 1 heterocycles. The molecular formula is C16H13NO3S. The molecule has 0 aliphatic rings. The third kappa shape index (κ3) is 3.94. The predicted molar refractivity (Wildman–Crippen MR) is 82.3 cm³/mol. The molecule has 106 valence electrons. The van der Waals surface area contributed by atoms with Crippen LogP contribution in [0.25, 0.3) is 0 Å². The van der Waals surface area contributed by atoms with Gasteiger partial charge in [-0.2, -0.15) is 0 Å². The second-order valence-electron chi connectivity index (χ2n) is 4.16. The van der Waals surface area contributed by atoms with E-state index >= 15 is 0 Å². The van der Waals surface area contributed by atoms with Crippen molar-refractivity contribution in [3.05, 3.63) is 52.4 Å². The number of hydrogen-bond acceptors (Lipinski definition) is 4. The molecule has 1 aromatic carbocycles. The maximum atomic E-state index is 11.8. The van der Waals surface area contributed by atoms with Crippen LogP contribution in [0.5, 0.6) is 0 Å². The molecule has 2 rings (SSSR count). The summed E-state index contributed by atoms with van der Waals surface area (Å²) in [4.78, 5) is 24.3. The van der Waals surface area contributed by atoms with Crippen molar-refractivity contribution in [2.24, 2.45) is 0 Å². The normalized spacial score (nSPS) is 9.43. The number of anilines is 1. The number of esters is 1. The zero-order valence-electron chi connectivity index (χ0n) is 11.6. The molecule has 21 heavy (non-hydrogen) atoms. The minimum atomic E-state index is -0.481. The second kappa shape index (κ2) is 6.73. The van der Waals surface area contributed by atoms with Crippen LogP contribution in [0.1, 0.15) is 20.8 Å². The van der Waals surface area contributed by atoms with Crippen molar-refractivity contribution >= 4 is 28.2 Å². The monoisotopic (exact) mass is 299 g/mol. The van der Waals surface area contributed by atoms with Crippen molar-refractivity contribution in [3.63, 3.8) is 0 Å². The van der Waals surface area contributed by atoms with Gasteiger partial charge in [0, 0.05) is 16.4 Å². The van der Waals surface area contributed by atoms with Crippen molar-refractivity contribution < 1.29 is 14.3 Å². The number of ether oxygens (including phenoxy) is 1. The van der Waals surface area contributed by atoms with E-state index in [2.05, 4.69) is 21.9 Å². The van der Waals surface area contributed by atoms with E-state index in [9.17, 15) is 9.59 Å². The lowest BCUT2D eigenvalue weighted by molar-refractivity contribution is -0.111. The van der Waals surface area contributed by atoms with E-state index in [-0.39, 0.29) is 0 Å². The second-order valence-corrected chi connectivity index (χ2v) is 5.42. The molecule has 5 heteroatoms. The molecule has 0 fully saturated rings. The summed E-state index contributed by atoms with van der Waals surface area (Å²) in [7, 11) is 1.30. The SMILES string of the molecule is COC(=O)c1cc(C)sc1NC(=O)C#Cc1ccccc1. The standard InChI is InChI=1S/C16H13NO3S/c1-11-10-13(16(19)20-2)15(21-11)17-14(18)9-8-12-6-4-3-5-7-12/h3-7,10H,1-2H3,(H,17,18). The minimum Gasteiger partial charge on any atom is -0.465 e. The number of amides is 1. The number of thiophene rings is 1. The van der Waals surface area contributed by atoms with Crippen LogP contribution in [0.2, 0.25) is 0 Å². The average Bonchev–Trinajstić information content (AvgIpc) is 2.86. The number of methoxy groups -OCH3 is 1. The molecule has 1 amide bonds. The van der Waals surface area contributed by atoms with Crippen molar-refractivity contribution in [2.45, 2.75) is 6.92 Å². The first-order valence-corrected chi connectivity index (χ1v) is 6.98. The smallest absolute Gasteiger partial charge is 0.340 e. The molecule has 1 N–H and O–H groups in total. The summed E-state index contributed by atoms with van der Waals surface area (Å²) in [6.45, 7) is 1.85. The number of benzene rings is 1. The first-order chi connectivity index (χ1) is 10.1. The summed E-state index contributed by atoms with van der Waals surface area (Å²) in [5, 5.41) is 3.07. The van der Waals surface area contributed by atoms with Gasteiger partial charge in [-0.25, -0.2) is 4.79 Å². The van der Waals surface area contributed by atoms with Crippen molar-refractivity contribution in [1.29, 1.82) is 0 Å². The van der Waals surface area contributed by atoms with E-state index < -0.39 is 11.9 Å². The number of aryl methyl sites for hydroxylation is 1. The van der Waals surface area contributed by atoms with E-state index in [0.717, 1.165) is 10.4 Å². The third-order valence-corrected chi connectivity index (χ3v) is 3.55. The first kappa shape index (κ1) is 14.8. The van der Waals surface area contributed by atoms with Crippen LogP contribution in [-0.4, -0.2) is 19.0 Å². The molecular weight excluding hydrogens is 286 g/mol. The average molecular weight is 299 g/mol. The molecule has 0 radical (unpaired) electrons. The Kier molecular flexibility index (Phi) is 4.75. The predicted octanol–water partition coefficient (Wildman–Crippen LogP) is 2.83. The Bertz CT molecular complexity index is 723. The molecule has 1 aromatic heterocycles. The first-order valence-electron chi connectivity index (χ1n) is 6.17. The number of carbonyl (C=O) groups is 2. The summed E-state index contributed by atoms with van der Waals surface area (Å²) >= 11 is 1.31. The third-order valence-electron chi connectivity index (χ3n) is 2.58. The van der Waals surface area contributed by atoms with Gasteiger partial charge in [-0.15, -0.1) is 11.3 Å². The lowest BCUT2D eigenvalue weighted by atomic mass is 10.2. The lowest BCUT2D eigenvalue weighted by Crippen LogP contribution is -2.11. The topological polar surface area (TPSA) is 55.4 Å². The molecule has 4 nitrogen and oxygen atoms in total. The Morgan fingerprint density at radius 2 is 1.95 bits per heavy atom. The van der Waals surface area contributed by atoms with Crippen molar-refractivity contribution in [1.82, 2.24) is 0 Å². The highest BCUT2D eigenvalue weighted by atomic mass is 32.1. The molecule has 0 saturated heterocycles. The lowest BCUT2D eigenvalue weighted by Gasteiger charge is -2.01. The van der Waals surface area contributed by atoms with Gasteiger partial charge in [0.25, 0.3) is 0 Å². The zero-order chi connectivity index (χ0) is 15.2. The van der Waals surface area contributed by atoms with E-state index in [1.165, 1.54) is 18.4 Å². The molecule has 0 unspecified atom stereocenters. The van der Waals surface area contributed by atoms with Crippen molar-refractivity contribution in [3.8, 4) is 11.8 Å². The Morgan fingerprint density at radius 1 is 1.24 bits per heavy atom. The number of rotatable bonds is 2. The van der Waals surface area contributed by atoms with E-state index in [0.29, 0.717) is 10.6 Å². The summed E-state index contributed by atoms with van der Waals surface area (Å²) in [6, 6.07) is 10.9. The highest BCUT2D eigenvalue weighted by Gasteiger charge is 2.16. The van der Waals surface area contributed by atoms with Gasteiger partial charge in [0.15, 0.2) is 0 Å². The Morgan fingerprint density at radius 3 is 2.62 bits per heavy atom. The summed E-state index contributed by atoms with van der Waals surface area (Å²) in [5.41, 5.74) is 1.10. The van der Waals surface area contributed by atoms with Crippen LogP contribution in [0.4, 0.5) is 5.00 Å². The highest BCUT2D eigenvalue weighted by Crippen LogP contribution is 2.27. The van der Waals surface area contributed by atoms with Gasteiger partial charge in [-0.1, -0.05) is 24.1 Å². The summed E-state index contributed by atoms with van der Waals surface area (Å²) in [6.07, 6.45) is 0. The Labute approximate surface area is 126 Å². The number of hydrogen-bond donors (Lipinski definition) is 1. The van der Waals surface area contributed by atoms with Gasteiger partial charge in [0.2, 0.25) is 0 Å². The van der Waals surface area contributed by atoms with Gasteiger partial charge in [0.05, 0.1) is 12.7 Å². The van der Waals surface area contributed by atoms with Crippen LogP contribution >= 0.6 is 11.3 Å². The van der Waals surface area contributed by atoms with Gasteiger partial charge in [-0.3, -0.25) is 4.79 Å². The summed E-state index contributed by atoms with van der Waals surface area (Å²) in [5.74, 6) is 4.31. The fourth-order valence-electron chi connectivity index (χ4n) is 1.65. The molecule has 0 bridgehead atoms. The Balaban J connectivity index is 2.14. The van der Waals surface area contributed by atoms with Gasteiger partial charge in [-0.05, 0) is 25.1 Å². The van der Waals surface area contributed by atoms with Gasteiger partial charge >= 0.3 is 11.9 Å². The fraction of sp³-hybridized carbons (Fsp3) is 0.125. The molecule has 2 aromatic rings. The van der Waals surface area contributed by atoms with Crippen LogP contribution in [0.15, 0.2) is 36.4 Å².